The zero-order chi connectivity index (χ0) is 37.5. The van der Waals surface area contributed by atoms with E-state index in [-0.39, 0.29) is 0 Å². The lowest BCUT2D eigenvalue weighted by Crippen LogP contribution is -2.10. The van der Waals surface area contributed by atoms with Gasteiger partial charge in [0.25, 0.3) is 0 Å². The van der Waals surface area contributed by atoms with Crippen LogP contribution in [0.2, 0.25) is 0 Å². The van der Waals surface area contributed by atoms with E-state index < -0.39 is 0 Å². The fourth-order valence-electron chi connectivity index (χ4n) is 8.90. The maximum Gasteiger partial charge on any atom is 0.240 e. The average molecular weight is 729 g/mol. The average Bonchev–Trinajstić information content (AvgIpc) is 3.93. The van der Waals surface area contributed by atoms with Crippen molar-refractivity contribution in [3.8, 4) is 40.1 Å². The van der Waals surface area contributed by atoms with Crippen LogP contribution in [0, 0.1) is 0 Å². The highest BCUT2D eigenvalue weighted by molar-refractivity contribution is 6.24. The van der Waals surface area contributed by atoms with E-state index in [1.807, 2.05) is 18.2 Å². The standard InChI is InChI=1S/C51H32N6/c1-3-17-33(18-4-1)35-21-7-12-26-42(35)55-43-27-13-10-24-38(43)40-31-32-41-39-25-11-16-30-46(39)57(48(41)47(40)55)51-53-49(34-19-5-2-6-20-34)52-50(54-51)56-44-28-14-8-22-36(44)37-23-9-15-29-45(37)56/h1-32H. The van der Waals surface area contributed by atoms with Gasteiger partial charge < -0.3 is 4.57 Å². The minimum Gasteiger partial charge on any atom is -0.307 e. The molecule has 0 atom stereocenters. The Kier molecular flexibility index (Phi) is 6.83. The van der Waals surface area contributed by atoms with E-state index in [9.17, 15) is 0 Å². The first kappa shape index (κ1) is 31.5. The van der Waals surface area contributed by atoms with Gasteiger partial charge in [0, 0.05) is 43.4 Å². The molecule has 12 rings (SSSR count). The van der Waals surface area contributed by atoms with Crippen LogP contribution >= 0.6 is 0 Å². The largest absolute Gasteiger partial charge is 0.307 e. The summed E-state index contributed by atoms with van der Waals surface area (Å²) in [6.45, 7) is 0. The topological polar surface area (TPSA) is 53.5 Å². The first-order chi connectivity index (χ1) is 28.3. The van der Waals surface area contributed by atoms with Crippen molar-refractivity contribution in [2.75, 3.05) is 0 Å². The van der Waals surface area contributed by atoms with Gasteiger partial charge in [0.15, 0.2) is 5.82 Å². The van der Waals surface area contributed by atoms with Gasteiger partial charge >= 0.3 is 0 Å². The fraction of sp³-hybridized carbons (Fsp3) is 0. The Morgan fingerprint density at radius 1 is 0.281 bits per heavy atom. The maximum absolute atomic E-state index is 5.47. The zero-order valence-electron chi connectivity index (χ0n) is 30.7. The van der Waals surface area contributed by atoms with E-state index >= 15 is 0 Å². The van der Waals surface area contributed by atoms with Gasteiger partial charge in [-0.1, -0.05) is 164 Å². The van der Waals surface area contributed by atoms with E-state index in [0.29, 0.717) is 17.7 Å². The third-order valence-corrected chi connectivity index (χ3v) is 11.3. The summed E-state index contributed by atoms with van der Waals surface area (Å²) >= 11 is 0. The molecule has 0 saturated heterocycles. The molecule has 0 unspecified atom stereocenters. The Morgan fingerprint density at radius 3 is 1.26 bits per heavy atom. The van der Waals surface area contributed by atoms with E-state index in [2.05, 4.69) is 190 Å². The third-order valence-electron chi connectivity index (χ3n) is 11.3. The van der Waals surface area contributed by atoms with Gasteiger partial charge in [0.1, 0.15) is 0 Å². The molecule has 0 saturated carbocycles. The number of aromatic nitrogens is 6. The predicted octanol–water partition coefficient (Wildman–Crippen LogP) is 12.5. The molecule has 266 valence electrons. The number of benzene rings is 8. The number of rotatable bonds is 5. The SMILES string of the molecule is c1ccc(-c2nc(-n3c4ccccc4c4ccccc43)nc(-n3c4ccccc4c4ccc5c6ccccc6n(-c6ccccc6-c6ccccc6)c5c43)n2)cc1. The molecule has 0 fully saturated rings. The highest BCUT2D eigenvalue weighted by atomic mass is 15.3. The van der Waals surface area contributed by atoms with Gasteiger partial charge in [-0.3, -0.25) is 9.13 Å². The predicted molar refractivity (Wildman–Crippen MR) is 234 cm³/mol. The molecule has 0 radical (unpaired) electrons. The second-order valence-corrected chi connectivity index (χ2v) is 14.4. The van der Waals surface area contributed by atoms with Gasteiger partial charge in [-0.25, -0.2) is 0 Å². The van der Waals surface area contributed by atoms with Gasteiger partial charge in [-0.15, -0.1) is 0 Å². The summed E-state index contributed by atoms with van der Waals surface area (Å²) in [5.41, 5.74) is 10.7. The summed E-state index contributed by atoms with van der Waals surface area (Å²) in [5, 5.41) is 6.89. The molecule has 12 aromatic rings. The van der Waals surface area contributed by atoms with E-state index in [1.54, 1.807) is 0 Å². The van der Waals surface area contributed by atoms with Crippen molar-refractivity contribution < 1.29 is 0 Å². The maximum atomic E-state index is 5.47. The number of nitrogens with zero attached hydrogens (tertiary/aromatic N) is 6. The molecule has 6 heteroatoms. The van der Waals surface area contributed by atoms with Crippen LogP contribution in [-0.4, -0.2) is 28.7 Å². The smallest absolute Gasteiger partial charge is 0.240 e. The molecular weight excluding hydrogens is 697 g/mol. The molecule has 0 aliphatic carbocycles. The van der Waals surface area contributed by atoms with E-state index in [0.717, 1.165) is 82.4 Å². The summed E-state index contributed by atoms with van der Waals surface area (Å²) in [7, 11) is 0. The van der Waals surface area contributed by atoms with Crippen LogP contribution in [0.5, 0.6) is 0 Å². The lowest BCUT2D eigenvalue weighted by atomic mass is 10.0. The van der Waals surface area contributed by atoms with Crippen molar-refractivity contribution in [3.63, 3.8) is 0 Å². The lowest BCUT2D eigenvalue weighted by molar-refractivity contribution is 0.893. The molecule has 6 nitrogen and oxygen atoms in total. The van der Waals surface area contributed by atoms with Gasteiger partial charge in [0.05, 0.1) is 38.8 Å². The van der Waals surface area contributed by atoms with Crippen molar-refractivity contribution >= 4 is 65.4 Å². The van der Waals surface area contributed by atoms with E-state index in [4.69, 9.17) is 15.0 Å². The van der Waals surface area contributed by atoms with Gasteiger partial charge in [0.2, 0.25) is 11.9 Å². The molecular formula is C51H32N6. The quantitative estimate of drug-likeness (QED) is 0.177. The highest BCUT2D eigenvalue weighted by Crippen LogP contribution is 2.43. The molecule has 57 heavy (non-hydrogen) atoms. The van der Waals surface area contributed by atoms with Crippen LogP contribution in [0.25, 0.3) is 106 Å². The van der Waals surface area contributed by atoms with Crippen LogP contribution in [0.3, 0.4) is 0 Å². The van der Waals surface area contributed by atoms with Crippen molar-refractivity contribution in [2.45, 2.75) is 0 Å². The lowest BCUT2D eigenvalue weighted by Gasteiger charge is -2.16. The van der Waals surface area contributed by atoms with Gasteiger partial charge in [-0.2, -0.15) is 15.0 Å². The monoisotopic (exact) mass is 728 g/mol. The molecule has 0 N–H and O–H groups in total. The number of para-hydroxylation sites is 5. The van der Waals surface area contributed by atoms with Crippen LogP contribution in [0.15, 0.2) is 194 Å². The molecule has 0 aliphatic heterocycles. The Morgan fingerprint density at radius 2 is 0.684 bits per heavy atom. The Hall–Kier alpha value is -7.83. The van der Waals surface area contributed by atoms with Gasteiger partial charge in [-0.05, 0) is 35.9 Å². The van der Waals surface area contributed by atoms with Crippen LogP contribution in [0.4, 0.5) is 0 Å². The van der Waals surface area contributed by atoms with Crippen molar-refractivity contribution in [2.24, 2.45) is 0 Å². The summed E-state index contributed by atoms with van der Waals surface area (Å²) in [6.07, 6.45) is 0. The fourth-order valence-corrected chi connectivity index (χ4v) is 8.90. The molecule has 0 bridgehead atoms. The van der Waals surface area contributed by atoms with Crippen molar-refractivity contribution in [3.05, 3.63) is 194 Å². The summed E-state index contributed by atoms with van der Waals surface area (Å²) in [4.78, 5) is 16.1. The molecule has 0 spiro atoms. The van der Waals surface area contributed by atoms with E-state index in [1.165, 1.54) is 5.39 Å². The van der Waals surface area contributed by atoms with Crippen LogP contribution in [0.1, 0.15) is 0 Å². The molecule has 8 aromatic carbocycles. The molecule has 0 aliphatic rings. The second kappa shape index (κ2) is 12.3. The number of hydrogen-bond donors (Lipinski definition) is 0. The Labute approximate surface area is 327 Å². The van der Waals surface area contributed by atoms with Crippen LogP contribution in [-0.2, 0) is 0 Å². The number of hydrogen-bond acceptors (Lipinski definition) is 3. The normalized spacial score (nSPS) is 11.9. The Bertz CT molecular complexity index is 3470. The summed E-state index contributed by atoms with van der Waals surface area (Å²) in [6, 6.07) is 68.4. The minimum absolute atomic E-state index is 0.549. The minimum atomic E-state index is 0.549. The molecule has 4 heterocycles. The third kappa shape index (κ3) is 4.68. The van der Waals surface area contributed by atoms with Crippen molar-refractivity contribution in [1.82, 2.24) is 28.7 Å². The zero-order valence-corrected chi connectivity index (χ0v) is 30.7. The molecule has 0 amide bonds. The van der Waals surface area contributed by atoms with Crippen LogP contribution < -0.4 is 0 Å². The summed E-state index contributed by atoms with van der Waals surface area (Å²) < 4.78 is 6.88. The Balaban J connectivity index is 1.26. The summed E-state index contributed by atoms with van der Waals surface area (Å²) in [5.74, 6) is 1.71. The first-order valence-corrected chi connectivity index (χ1v) is 19.2. The first-order valence-electron chi connectivity index (χ1n) is 19.2. The number of fused-ring (bicyclic) bond motifs is 10. The second-order valence-electron chi connectivity index (χ2n) is 14.4. The van der Waals surface area contributed by atoms with Crippen molar-refractivity contribution in [1.29, 1.82) is 0 Å². The molecule has 4 aromatic heterocycles. The highest BCUT2D eigenvalue weighted by Gasteiger charge is 2.25.